The molecule has 1 aliphatic rings. The monoisotopic (exact) mass is 258 g/mol. The van der Waals surface area contributed by atoms with Gasteiger partial charge in [0.1, 0.15) is 13.2 Å². The van der Waals surface area contributed by atoms with E-state index in [9.17, 15) is 0 Å². The van der Waals surface area contributed by atoms with Crippen molar-refractivity contribution in [2.24, 2.45) is 0 Å². The van der Waals surface area contributed by atoms with E-state index in [0.29, 0.717) is 19.1 Å². The van der Waals surface area contributed by atoms with Crippen molar-refractivity contribution in [1.82, 2.24) is 4.98 Å². The van der Waals surface area contributed by atoms with Gasteiger partial charge in [-0.15, -0.1) is 0 Å². The fraction of sp³-hybridized carbons (Fsp3) is 0.400. The van der Waals surface area contributed by atoms with E-state index in [1.807, 2.05) is 19.2 Å². The van der Waals surface area contributed by atoms with Gasteiger partial charge in [-0.1, -0.05) is 13.8 Å². The zero-order valence-electron chi connectivity index (χ0n) is 11.5. The summed E-state index contributed by atoms with van der Waals surface area (Å²) in [4.78, 5) is 4.72. The molecule has 1 aromatic carbocycles. The zero-order chi connectivity index (χ0) is 13.4. The predicted molar refractivity (Wildman–Crippen MR) is 76.4 cm³/mol. The highest BCUT2D eigenvalue weighted by Gasteiger charge is 2.16. The summed E-state index contributed by atoms with van der Waals surface area (Å²) in [5.41, 5.74) is 3.10. The minimum Gasteiger partial charge on any atom is -0.486 e. The second-order valence-corrected chi connectivity index (χ2v) is 5.01. The molecule has 0 unspecified atom stereocenters. The van der Waals surface area contributed by atoms with Crippen LogP contribution in [0, 0.1) is 0 Å². The van der Waals surface area contributed by atoms with Crippen molar-refractivity contribution in [1.29, 1.82) is 0 Å². The van der Waals surface area contributed by atoms with E-state index in [1.165, 1.54) is 0 Å². The largest absolute Gasteiger partial charge is 0.486 e. The molecule has 2 aromatic rings. The van der Waals surface area contributed by atoms with E-state index in [-0.39, 0.29) is 0 Å². The van der Waals surface area contributed by atoms with Gasteiger partial charge in [-0.3, -0.25) is 4.98 Å². The number of anilines is 1. The van der Waals surface area contributed by atoms with E-state index >= 15 is 0 Å². The van der Waals surface area contributed by atoms with E-state index in [2.05, 4.69) is 25.2 Å². The highest BCUT2D eigenvalue weighted by Crippen LogP contribution is 2.37. The normalized spacial score (nSPS) is 13.9. The van der Waals surface area contributed by atoms with Gasteiger partial charge >= 0.3 is 0 Å². The fourth-order valence-electron chi connectivity index (χ4n) is 2.29. The van der Waals surface area contributed by atoms with Crippen LogP contribution in [0.3, 0.4) is 0 Å². The molecule has 3 rings (SSSR count). The van der Waals surface area contributed by atoms with Crippen LogP contribution in [0.5, 0.6) is 11.5 Å². The molecule has 0 aliphatic carbocycles. The Labute approximate surface area is 112 Å². The van der Waals surface area contributed by atoms with Crippen molar-refractivity contribution >= 4 is 16.6 Å². The molecule has 2 heterocycles. The second kappa shape index (κ2) is 4.61. The lowest BCUT2D eigenvalue weighted by Crippen LogP contribution is -2.15. The van der Waals surface area contributed by atoms with E-state index in [0.717, 1.165) is 33.8 Å². The van der Waals surface area contributed by atoms with Crippen LogP contribution in [0.1, 0.15) is 25.5 Å². The number of rotatable bonds is 2. The van der Waals surface area contributed by atoms with Crippen LogP contribution < -0.4 is 14.8 Å². The fourth-order valence-corrected chi connectivity index (χ4v) is 2.29. The molecule has 1 aromatic heterocycles. The molecule has 0 saturated carbocycles. The zero-order valence-corrected chi connectivity index (χ0v) is 11.5. The first kappa shape index (κ1) is 12.1. The SMILES string of the molecule is CNc1cc(C(C)C)nc2cc3c(cc12)OCCO3. The Morgan fingerprint density at radius 2 is 1.79 bits per heavy atom. The highest BCUT2D eigenvalue weighted by atomic mass is 16.6. The summed E-state index contributed by atoms with van der Waals surface area (Å²) < 4.78 is 11.2. The van der Waals surface area contributed by atoms with E-state index in [1.54, 1.807) is 0 Å². The first-order valence-corrected chi connectivity index (χ1v) is 6.61. The molecule has 19 heavy (non-hydrogen) atoms. The van der Waals surface area contributed by atoms with Crippen molar-refractivity contribution in [2.45, 2.75) is 19.8 Å². The standard InChI is InChI=1S/C15H18N2O2/c1-9(2)11-7-12(16-3)10-6-14-15(8-13(10)17-11)19-5-4-18-14/h6-9H,4-5H2,1-3H3,(H,16,17). The van der Waals surface area contributed by atoms with Crippen molar-refractivity contribution in [3.63, 3.8) is 0 Å². The molecule has 0 radical (unpaired) electrons. The Bertz CT molecular complexity index is 623. The summed E-state index contributed by atoms with van der Waals surface area (Å²) in [6, 6.07) is 6.08. The Morgan fingerprint density at radius 1 is 1.11 bits per heavy atom. The van der Waals surface area contributed by atoms with Gasteiger partial charge in [-0.05, 0) is 18.1 Å². The van der Waals surface area contributed by atoms with Gasteiger partial charge in [0.25, 0.3) is 0 Å². The van der Waals surface area contributed by atoms with Crippen LogP contribution >= 0.6 is 0 Å². The van der Waals surface area contributed by atoms with Crippen molar-refractivity contribution < 1.29 is 9.47 Å². The van der Waals surface area contributed by atoms with Gasteiger partial charge in [-0.2, -0.15) is 0 Å². The maximum absolute atomic E-state index is 5.63. The minimum absolute atomic E-state index is 0.393. The number of ether oxygens (including phenoxy) is 2. The van der Waals surface area contributed by atoms with Crippen LogP contribution in [0.4, 0.5) is 5.69 Å². The van der Waals surface area contributed by atoms with Crippen molar-refractivity contribution in [3.8, 4) is 11.5 Å². The number of aromatic nitrogens is 1. The lowest BCUT2D eigenvalue weighted by molar-refractivity contribution is 0.172. The number of hydrogen-bond donors (Lipinski definition) is 1. The molecule has 0 amide bonds. The summed E-state index contributed by atoms with van der Waals surface area (Å²) in [6.07, 6.45) is 0. The first-order valence-electron chi connectivity index (χ1n) is 6.61. The second-order valence-electron chi connectivity index (χ2n) is 5.01. The maximum Gasteiger partial charge on any atom is 0.163 e. The van der Waals surface area contributed by atoms with Gasteiger partial charge in [0.15, 0.2) is 11.5 Å². The molecule has 1 N–H and O–H groups in total. The summed E-state index contributed by atoms with van der Waals surface area (Å²) >= 11 is 0. The molecule has 4 nitrogen and oxygen atoms in total. The third kappa shape index (κ3) is 2.07. The van der Waals surface area contributed by atoms with Crippen molar-refractivity contribution in [2.75, 3.05) is 25.6 Å². The predicted octanol–water partition coefficient (Wildman–Crippen LogP) is 3.17. The summed E-state index contributed by atoms with van der Waals surface area (Å²) in [5, 5.41) is 4.30. The van der Waals surface area contributed by atoms with Crippen LogP contribution in [-0.4, -0.2) is 25.2 Å². The molecule has 4 heteroatoms. The Balaban J connectivity index is 2.25. The van der Waals surface area contributed by atoms with Gasteiger partial charge in [0, 0.05) is 29.9 Å². The summed E-state index contributed by atoms with van der Waals surface area (Å²) in [6.45, 7) is 5.49. The average molecular weight is 258 g/mol. The minimum atomic E-state index is 0.393. The molecule has 100 valence electrons. The molecule has 0 bridgehead atoms. The lowest BCUT2D eigenvalue weighted by Gasteiger charge is -2.20. The van der Waals surface area contributed by atoms with Gasteiger partial charge < -0.3 is 14.8 Å². The summed E-state index contributed by atoms with van der Waals surface area (Å²) in [5.74, 6) is 1.98. The molecular formula is C15H18N2O2. The molecule has 0 saturated heterocycles. The molecular weight excluding hydrogens is 240 g/mol. The number of pyridine rings is 1. The summed E-state index contributed by atoms with van der Waals surface area (Å²) in [7, 11) is 1.93. The number of nitrogens with zero attached hydrogens (tertiary/aromatic N) is 1. The number of hydrogen-bond acceptors (Lipinski definition) is 4. The molecule has 0 atom stereocenters. The van der Waals surface area contributed by atoms with Crippen LogP contribution in [0.25, 0.3) is 10.9 Å². The van der Waals surface area contributed by atoms with Crippen LogP contribution in [0.15, 0.2) is 18.2 Å². The topological polar surface area (TPSA) is 43.4 Å². The maximum atomic E-state index is 5.63. The van der Waals surface area contributed by atoms with Crippen LogP contribution in [-0.2, 0) is 0 Å². The van der Waals surface area contributed by atoms with E-state index < -0.39 is 0 Å². The third-order valence-corrected chi connectivity index (χ3v) is 3.35. The quantitative estimate of drug-likeness (QED) is 0.898. The molecule has 1 aliphatic heterocycles. The number of nitrogens with one attached hydrogen (secondary N) is 1. The first-order chi connectivity index (χ1) is 9.19. The molecule has 0 spiro atoms. The molecule has 0 fully saturated rings. The van der Waals surface area contributed by atoms with Gasteiger partial charge in [0.2, 0.25) is 0 Å². The lowest BCUT2D eigenvalue weighted by atomic mass is 10.1. The average Bonchev–Trinajstić information content (AvgIpc) is 2.43. The van der Waals surface area contributed by atoms with Crippen LogP contribution in [0.2, 0.25) is 0 Å². The van der Waals surface area contributed by atoms with Crippen molar-refractivity contribution in [3.05, 3.63) is 23.9 Å². The number of fused-ring (bicyclic) bond motifs is 2. The Morgan fingerprint density at radius 3 is 2.42 bits per heavy atom. The van der Waals surface area contributed by atoms with E-state index in [4.69, 9.17) is 14.5 Å². The smallest absolute Gasteiger partial charge is 0.163 e. The Kier molecular flexibility index (Phi) is 2.93. The Hall–Kier alpha value is -1.97. The number of benzene rings is 1. The highest BCUT2D eigenvalue weighted by molar-refractivity contribution is 5.94. The third-order valence-electron chi connectivity index (χ3n) is 3.35. The van der Waals surface area contributed by atoms with Gasteiger partial charge in [-0.25, -0.2) is 0 Å². The van der Waals surface area contributed by atoms with Gasteiger partial charge in [0.05, 0.1) is 5.52 Å².